The van der Waals surface area contributed by atoms with Crippen molar-refractivity contribution in [1.82, 2.24) is 9.99 Å². The van der Waals surface area contributed by atoms with Crippen LogP contribution in [-0.2, 0) is 6.54 Å². The molecule has 0 atom stereocenters. The maximum absolute atomic E-state index is 13.8. The van der Waals surface area contributed by atoms with Gasteiger partial charge in [-0.2, -0.15) is 5.10 Å². The number of hydrogen-bond donors (Lipinski definition) is 1. The third kappa shape index (κ3) is 4.28. The molecule has 0 aliphatic heterocycles. The molecule has 0 saturated heterocycles. The Kier molecular flexibility index (Phi) is 5.33. The summed E-state index contributed by atoms with van der Waals surface area (Å²) in [5.41, 5.74) is 6.44. The standard InChI is InChI=1S/C18H14F2N4OS/c19-12-4-6-16(20)15(9-12)17-7-5-14(25-17)10-23-24(18(21)26)11-13-3-1-2-8-22-13/h1-10H,11H2,(H2,21,26). The van der Waals surface area contributed by atoms with Gasteiger partial charge < -0.3 is 10.2 Å². The van der Waals surface area contributed by atoms with Crippen molar-refractivity contribution < 1.29 is 13.2 Å². The van der Waals surface area contributed by atoms with Gasteiger partial charge in [0.1, 0.15) is 23.2 Å². The molecule has 0 aliphatic rings. The molecule has 0 fully saturated rings. The number of hydrogen-bond acceptors (Lipinski definition) is 4. The fraction of sp³-hybridized carbons (Fsp3) is 0.0556. The van der Waals surface area contributed by atoms with Crippen LogP contribution in [0, 0.1) is 11.6 Å². The van der Waals surface area contributed by atoms with Crippen molar-refractivity contribution in [2.75, 3.05) is 0 Å². The summed E-state index contributed by atoms with van der Waals surface area (Å²) in [7, 11) is 0. The Bertz CT molecular complexity index is 943. The molecule has 3 rings (SSSR count). The molecule has 26 heavy (non-hydrogen) atoms. The lowest BCUT2D eigenvalue weighted by molar-refractivity contribution is 0.436. The van der Waals surface area contributed by atoms with Gasteiger partial charge in [0.15, 0.2) is 5.11 Å². The number of furan rings is 1. The highest BCUT2D eigenvalue weighted by molar-refractivity contribution is 7.80. The minimum atomic E-state index is -0.579. The third-order valence-corrected chi connectivity index (χ3v) is 3.65. The predicted octanol–water partition coefficient (Wildman–Crippen LogP) is 3.70. The molecule has 0 amide bonds. The zero-order valence-corrected chi connectivity index (χ0v) is 14.3. The molecule has 132 valence electrons. The van der Waals surface area contributed by atoms with Crippen molar-refractivity contribution in [2.45, 2.75) is 6.54 Å². The second-order valence-electron chi connectivity index (χ2n) is 5.29. The Morgan fingerprint density at radius 1 is 1.23 bits per heavy atom. The van der Waals surface area contributed by atoms with Gasteiger partial charge in [0.05, 0.1) is 24.0 Å². The molecule has 0 radical (unpaired) electrons. The molecule has 0 aliphatic carbocycles. The van der Waals surface area contributed by atoms with Crippen LogP contribution in [-0.4, -0.2) is 21.3 Å². The van der Waals surface area contributed by atoms with Gasteiger partial charge in [-0.1, -0.05) is 6.07 Å². The van der Waals surface area contributed by atoms with E-state index in [9.17, 15) is 8.78 Å². The van der Waals surface area contributed by atoms with Gasteiger partial charge in [-0.25, -0.2) is 13.8 Å². The number of hydrazone groups is 1. The van der Waals surface area contributed by atoms with Gasteiger partial charge in [-0.15, -0.1) is 0 Å². The van der Waals surface area contributed by atoms with Crippen molar-refractivity contribution >= 4 is 23.5 Å². The summed E-state index contributed by atoms with van der Waals surface area (Å²) >= 11 is 4.99. The van der Waals surface area contributed by atoms with Crippen molar-refractivity contribution in [3.63, 3.8) is 0 Å². The second kappa shape index (κ2) is 7.83. The van der Waals surface area contributed by atoms with E-state index in [4.69, 9.17) is 22.4 Å². The zero-order chi connectivity index (χ0) is 18.5. The molecule has 8 heteroatoms. The number of aromatic nitrogens is 1. The maximum atomic E-state index is 13.8. The number of halogens is 2. The average molecular weight is 372 g/mol. The quantitative estimate of drug-likeness (QED) is 0.420. The van der Waals surface area contributed by atoms with E-state index in [0.717, 1.165) is 23.9 Å². The van der Waals surface area contributed by atoms with Crippen LogP contribution < -0.4 is 5.73 Å². The summed E-state index contributed by atoms with van der Waals surface area (Å²) < 4.78 is 32.6. The predicted molar refractivity (Wildman–Crippen MR) is 98.2 cm³/mol. The van der Waals surface area contributed by atoms with Crippen molar-refractivity contribution in [3.05, 3.63) is 77.8 Å². The summed E-state index contributed by atoms with van der Waals surface area (Å²) in [6.07, 6.45) is 3.05. The Hall–Kier alpha value is -3.13. The van der Waals surface area contributed by atoms with Crippen LogP contribution in [0.4, 0.5) is 8.78 Å². The van der Waals surface area contributed by atoms with Crippen LogP contribution in [0.15, 0.2) is 64.2 Å². The Morgan fingerprint density at radius 2 is 2.08 bits per heavy atom. The van der Waals surface area contributed by atoms with E-state index in [0.29, 0.717) is 12.3 Å². The Balaban J connectivity index is 1.78. The molecular formula is C18H14F2N4OS. The van der Waals surface area contributed by atoms with Crippen molar-refractivity contribution in [2.24, 2.45) is 10.8 Å². The second-order valence-corrected chi connectivity index (χ2v) is 5.71. The van der Waals surface area contributed by atoms with Crippen LogP contribution in [0.5, 0.6) is 0 Å². The van der Waals surface area contributed by atoms with Crippen LogP contribution in [0.25, 0.3) is 11.3 Å². The van der Waals surface area contributed by atoms with Gasteiger partial charge in [-0.3, -0.25) is 4.98 Å². The van der Waals surface area contributed by atoms with E-state index in [2.05, 4.69) is 10.1 Å². The fourth-order valence-corrected chi connectivity index (χ4v) is 2.31. The molecule has 0 unspecified atom stereocenters. The topological polar surface area (TPSA) is 67.7 Å². The van der Waals surface area contributed by atoms with E-state index < -0.39 is 11.6 Å². The van der Waals surface area contributed by atoms with Crippen molar-refractivity contribution in [1.29, 1.82) is 0 Å². The molecule has 0 saturated carbocycles. The molecule has 5 nitrogen and oxygen atoms in total. The number of nitrogens with two attached hydrogens (primary N) is 1. The summed E-state index contributed by atoms with van der Waals surface area (Å²) in [6, 6.07) is 11.7. The Morgan fingerprint density at radius 3 is 2.81 bits per heavy atom. The summed E-state index contributed by atoms with van der Waals surface area (Å²) in [6.45, 7) is 0.290. The largest absolute Gasteiger partial charge is 0.455 e. The van der Waals surface area contributed by atoms with Crippen LogP contribution in [0.2, 0.25) is 0 Å². The minimum absolute atomic E-state index is 0.0318. The monoisotopic (exact) mass is 372 g/mol. The number of thiocarbonyl (C=S) groups is 1. The van der Waals surface area contributed by atoms with Crippen LogP contribution in [0.3, 0.4) is 0 Å². The molecule has 0 spiro atoms. The highest BCUT2D eigenvalue weighted by Gasteiger charge is 2.11. The summed E-state index contributed by atoms with van der Waals surface area (Å²) in [4.78, 5) is 4.19. The lowest BCUT2D eigenvalue weighted by atomic mass is 10.1. The van der Waals surface area contributed by atoms with E-state index in [1.165, 1.54) is 17.3 Å². The molecule has 2 N–H and O–H groups in total. The first-order valence-electron chi connectivity index (χ1n) is 7.59. The first-order chi connectivity index (χ1) is 12.5. The molecule has 0 bridgehead atoms. The number of rotatable bonds is 5. The van der Waals surface area contributed by atoms with Gasteiger partial charge >= 0.3 is 0 Å². The SMILES string of the molecule is NC(=S)N(Cc1ccccn1)N=Cc1ccc(-c2cc(F)ccc2F)o1. The molecule has 1 aromatic carbocycles. The van der Waals surface area contributed by atoms with Gasteiger partial charge in [0.25, 0.3) is 0 Å². The highest BCUT2D eigenvalue weighted by atomic mass is 32.1. The number of benzene rings is 1. The molecule has 2 aromatic heterocycles. The first-order valence-corrected chi connectivity index (χ1v) is 8.00. The van der Waals surface area contributed by atoms with Crippen molar-refractivity contribution in [3.8, 4) is 11.3 Å². The third-order valence-electron chi connectivity index (χ3n) is 3.44. The first kappa shape index (κ1) is 17.7. The number of pyridine rings is 1. The van der Waals surface area contributed by atoms with E-state index in [1.54, 1.807) is 18.3 Å². The molecule has 3 aromatic rings. The number of nitrogens with zero attached hydrogens (tertiary/aromatic N) is 3. The lowest BCUT2D eigenvalue weighted by Crippen LogP contribution is -2.30. The van der Waals surface area contributed by atoms with Crippen LogP contribution in [0.1, 0.15) is 11.5 Å². The fourth-order valence-electron chi connectivity index (χ4n) is 2.20. The molecule has 2 heterocycles. The maximum Gasteiger partial charge on any atom is 0.187 e. The normalized spacial score (nSPS) is 11.0. The summed E-state index contributed by atoms with van der Waals surface area (Å²) in [5, 5.41) is 5.62. The van der Waals surface area contributed by atoms with E-state index >= 15 is 0 Å². The van der Waals surface area contributed by atoms with Gasteiger partial charge in [-0.05, 0) is 54.7 Å². The van der Waals surface area contributed by atoms with Crippen LogP contribution >= 0.6 is 12.2 Å². The highest BCUT2D eigenvalue weighted by Crippen LogP contribution is 2.25. The molecular weight excluding hydrogens is 358 g/mol. The summed E-state index contributed by atoms with van der Waals surface area (Å²) in [5.74, 6) is -0.604. The lowest BCUT2D eigenvalue weighted by Gasteiger charge is -2.15. The van der Waals surface area contributed by atoms with Gasteiger partial charge in [0, 0.05) is 6.20 Å². The van der Waals surface area contributed by atoms with Gasteiger partial charge in [0.2, 0.25) is 0 Å². The minimum Gasteiger partial charge on any atom is -0.455 e. The average Bonchev–Trinajstić information content (AvgIpc) is 3.10. The Labute approximate surface area is 153 Å². The van der Waals surface area contributed by atoms with E-state index in [1.807, 2.05) is 12.1 Å². The zero-order valence-electron chi connectivity index (χ0n) is 13.5. The smallest absolute Gasteiger partial charge is 0.187 e. The van der Waals surface area contributed by atoms with E-state index in [-0.39, 0.29) is 16.4 Å².